The van der Waals surface area contributed by atoms with E-state index in [1.807, 2.05) is 0 Å². The third kappa shape index (κ3) is 5.74. The van der Waals surface area contributed by atoms with Crippen LogP contribution in [0.1, 0.15) is 51.4 Å². The number of benzene rings is 3. The predicted molar refractivity (Wildman–Crippen MR) is 118 cm³/mol. The summed E-state index contributed by atoms with van der Waals surface area (Å²) < 4.78 is 5.98. The van der Waals surface area contributed by atoms with Crippen molar-refractivity contribution < 1.29 is 4.74 Å². The first-order valence-electron chi connectivity index (χ1n) is 9.98. The predicted octanol–water partition coefficient (Wildman–Crippen LogP) is 7.89. The second-order valence-corrected chi connectivity index (χ2v) is 7.87. The topological polar surface area (TPSA) is 9.23 Å². The summed E-state index contributed by atoms with van der Waals surface area (Å²) in [7, 11) is 0. The van der Waals surface area contributed by atoms with Gasteiger partial charge in [-0.05, 0) is 58.7 Å². The first kappa shape index (κ1) is 19.2. The van der Waals surface area contributed by atoms with Gasteiger partial charge in [-0.3, -0.25) is 0 Å². The molecule has 0 aliphatic heterocycles. The van der Waals surface area contributed by atoms with E-state index in [0.29, 0.717) is 0 Å². The Hall–Kier alpha value is -1.54. The monoisotopic (exact) mass is 412 g/mol. The van der Waals surface area contributed by atoms with Crippen molar-refractivity contribution in [3.05, 3.63) is 54.6 Å². The van der Waals surface area contributed by atoms with Crippen molar-refractivity contribution >= 4 is 37.5 Å². The van der Waals surface area contributed by atoms with E-state index in [0.717, 1.165) is 24.1 Å². The molecule has 3 rings (SSSR count). The summed E-state index contributed by atoms with van der Waals surface area (Å²) in [6.07, 6.45) is 10.6. The molecule has 0 spiro atoms. The Morgan fingerprint density at radius 3 is 1.85 bits per heavy atom. The molecule has 3 aromatic carbocycles. The molecular weight excluding hydrogens is 384 g/mol. The molecule has 0 fully saturated rings. The number of fused-ring (bicyclic) bond motifs is 2. The highest BCUT2D eigenvalue weighted by atomic mass is 79.9. The molecule has 2 heteroatoms. The fraction of sp³-hybridized carbons (Fsp3) is 0.417. The van der Waals surface area contributed by atoms with E-state index < -0.39 is 0 Å². The van der Waals surface area contributed by atoms with Gasteiger partial charge in [-0.2, -0.15) is 0 Å². The number of alkyl halides is 1. The third-order valence-corrected chi connectivity index (χ3v) is 5.53. The fourth-order valence-corrected chi connectivity index (χ4v) is 3.85. The average Bonchev–Trinajstić information content (AvgIpc) is 2.67. The molecule has 0 unspecified atom stereocenters. The molecule has 0 saturated heterocycles. The number of halogens is 1. The van der Waals surface area contributed by atoms with Crippen LogP contribution in [0.4, 0.5) is 0 Å². The Morgan fingerprint density at radius 2 is 1.15 bits per heavy atom. The van der Waals surface area contributed by atoms with Gasteiger partial charge >= 0.3 is 0 Å². The van der Waals surface area contributed by atoms with Gasteiger partial charge in [-0.15, -0.1) is 0 Å². The van der Waals surface area contributed by atoms with Gasteiger partial charge < -0.3 is 4.74 Å². The van der Waals surface area contributed by atoms with Crippen LogP contribution in [-0.2, 0) is 0 Å². The van der Waals surface area contributed by atoms with Crippen LogP contribution < -0.4 is 4.74 Å². The van der Waals surface area contributed by atoms with E-state index in [1.54, 1.807) is 0 Å². The number of rotatable bonds is 11. The van der Waals surface area contributed by atoms with E-state index in [2.05, 4.69) is 70.5 Å². The molecular formula is C24H29BrO. The zero-order chi connectivity index (χ0) is 18.0. The summed E-state index contributed by atoms with van der Waals surface area (Å²) in [5.41, 5.74) is 0. The Balaban J connectivity index is 1.41. The summed E-state index contributed by atoms with van der Waals surface area (Å²) in [6, 6.07) is 19.5. The van der Waals surface area contributed by atoms with Gasteiger partial charge in [0.05, 0.1) is 6.61 Å². The maximum Gasteiger partial charge on any atom is 0.119 e. The highest BCUT2D eigenvalue weighted by Crippen LogP contribution is 2.26. The Labute approximate surface area is 165 Å². The lowest BCUT2D eigenvalue weighted by Crippen LogP contribution is -1.97. The number of hydrogen-bond acceptors (Lipinski definition) is 1. The van der Waals surface area contributed by atoms with Gasteiger partial charge in [0.1, 0.15) is 5.75 Å². The molecule has 0 aliphatic carbocycles. The van der Waals surface area contributed by atoms with E-state index in [4.69, 9.17) is 4.74 Å². The van der Waals surface area contributed by atoms with Crippen molar-refractivity contribution in [1.82, 2.24) is 0 Å². The SMILES string of the molecule is BrCCCCCCCCCCOc1ccc2cc3ccccc3cc2c1. The minimum absolute atomic E-state index is 0.822. The van der Waals surface area contributed by atoms with Gasteiger partial charge in [0.2, 0.25) is 0 Å². The van der Waals surface area contributed by atoms with Crippen molar-refractivity contribution in [2.24, 2.45) is 0 Å². The van der Waals surface area contributed by atoms with Crippen molar-refractivity contribution in [3.8, 4) is 5.75 Å². The summed E-state index contributed by atoms with van der Waals surface area (Å²) >= 11 is 3.49. The molecule has 3 aromatic rings. The second-order valence-electron chi connectivity index (χ2n) is 7.07. The maximum absolute atomic E-state index is 5.98. The summed E-state index contributed by atoms with van der Waals surface area (Å²) in [5.74, 6) is 0.988. The van der Waals surface area contributed by atoms with Crippen molar-refractivity contribution in [2.75, 3.05) is 11.9 Å². The van der Waals surface area contributed by atoms with Crippen LogP contribution in [-0.4, -0.2) is 11.9 Å². The Bertz CT molecular complexity index is 812. The lowest BCUT2D eigenvalue weighted by atomic mass is 10.0. The zero-order valence-corrected chi connectivity index (χ0v) is 17.1. The minimum atomic E-state index is 0.822. The summed E-state index contributed by atoms with van der Waals surface area (Å²) in [4.78, 5) is 0. The molecule has 0 aliphatic rings. The number of ether oxygens (including phenoxy) is 1. The quantitative estimate of drug-likeness (QED) is 0.176. The van der Waals surface area contributed by atoms with Gasteiger partial charge in [-0.25, -0.2) is 0 Å². The lowest BCUT2D eigenvalue weighted by Gasteiger charge is -2.08. The van der Waals surface area contributed by atoms with Crippen molar-refractivity contribution in [2.45, 2.75) is 51.4 Å². The molecule has 0 saturated carbocycles. The maximum atomic E-state index is 5.98. The molecule has 138 valence electrons. The molecule has 26 heavy (non-hydrogen) atoms. The molecule has 0 atom stereocenters. The second kappa shape index (κ2) is 10.6. The standard InChI is InChI=1S/C24H29BrO/c25-15-9-5-3-1-2-4-6-10-16-26-24-14-13-22-17-20-11-7-8-12-21(20)18-23(22)19-24/h7-8,11-14,17-19H,1-6,9-10,15-16H2. The minimum Gasteiger partial charge on any atom is -0.494 e. The van der Waals surface area contributed by atoms with Crippen LogP contribution in [0.15, 0.2) is 54.6 Å². The van der Waals surface area contributed by atoms with Gasteiger partial charge in [0.15, 0.2) is 0 Å². The van der Waals surface area contributed by atoms with Crippen molar-refractivity contribution in [3.63, 3.8) is 0 Å². The first-order chi connectivity index (χ1) is 12.9. The zero-order valence-electron chi connectivity index (χ0n) is 15.6. The van der Waals surface area contributed by atoms with Crippen LogP contribution in [0.25, 0.3) is 21.5 Å². The van der Waals surface area contributed by atoms with Gasteiger partial charge in [-0.1, -0.05) is 84.8 Å². The lowest BCUT2D eigenvalue weighted by molar-refractivity contribution is 0.304. The number of hydrogen-bond donors (Lipinski definition) is 0. The van der Waals surface area contributed by atoms with E-state index in [1.165, 1.54) is 66.5 Å². The molecule has 0 aromatic heterocycles. The van der Waals surface area contributed by atoms with E-state index in [-0.39, 0.29) is 0 Å². The molecule has 0 N–H and O–H groups in total. The largest absolute Gasteiger partial charge is 0.494 e. The van der Waals surface area contributed by atoms with Crippen LogP contribution in [0, 0.1) is 0 Å². The van der Waals surface area contributed by atoms with Gasteiger partial charge in [0.25, 0.3) is 0 Å². The van der Waals surface area contributed by atoms with Crippen molar-refractivity contribution in [1.29, 1.82) is 0 Å². The number of unbranched alkanes of at least 4 members (excludes halogenated alkanes) is 7. The molecule has 0 radical (unpaired) electrons. The Morgan fingerprint density at radius 1 is 0.577 bits per heavy atom. The molecule has 0 amide bonds. The van der Waals surface area contributed by atoms with Gasteiger partial charge in [0, 0.05) is 5.33 Å². The highest BCUT2D eigenvalue weighted by Gasteiger charge is 2.01. The fourth-order valence-electron chi connectivity index (χ4n) is 3.46. The highest BCUT2D eigenvalue weighted by molar-refractivity contribution is 9.09. The van der Waals surface area contributed by atoms with E-state index >= 15 is 0 Å². The normalized spacial score (nSPS) is 11.3. The molecule has 0 heterocycles. The smallest absolute Gasteiger partial charge is 0.119 e. The average molecular weight is 413 g/mol. The van der Waals surface area contributed by atoms with Crippen LogP contribution in [0.5, 0.6) is 5.75 Å². The summed E-state index contributed by atoms with van der Waals surface area (Å²) in [6.45, 7) is 0.822. The Kier molecular flexibility index (Phi) is 7.82. The molecule has 1 nitrogen and oxygen atoms in total. The van der Waals surface area contributed by atoms with E-state index in [9.17, 15) is 0 Å². The van der Waals surface area contributed by atoms with Crippen LogP contribution in [0.3, 0.4) is 0 Å². The molecule has 0 bridgehead atoms. The van der Waals surface area contributed by atoms with Crippen LogP contribution in [0.2, 0.25) is 0 Å². The first-order valence-corrected chi connectivity index (χ1v) is 11.1. The summed E-state index contributed by atoms with van der Waals surface area (Å²) in [5, 5.41) is 6.25. The van der Waals surface area contributed by atoms with Crippen LogP contribution >= 0.6 is 15.9 Å². The third-order valence-electron chi connectivity index (χ3n) is 4.97.